The number of benzene rings is 2. The molecular weight excluding hydrogens is 248 g/mol. The molecule has 2 nitrogen and oxygen atoms in total. The fourth-order valence-corrected chi connectivity index (χ4v) is 2.08. The van der Waals surface area contributed by atoms with E-state index in [4.69, 9.17) is 4.42 Å². The first-order chi connectivity index (χ1) is 9.72. The van der Waals surface area contributed by atoms with E-state index >= 15 is 0 Å². The molecule has 0 aliphatic rings. The van der Waals surface area contributed by atoms with Gasteiger partial charge in [0.05, 0.1) is 0 Å². The molecule has 0 spiro atoms. The summed E-state index contributed by atoms with van der Waals surface area (Å²) in [5, 5.41) is 0.951. The van der Waals surface area contributed by atoms with Crippen molar-refractivity contribution in [2.45, 2.75) is 6.92 Å². The molecule has 0 saturated heterocycles. The van der Waals surface area contributed by atoms with Gasteiger partial charge in [-0.15, -0.1) is 0 Å². The summed E-state index contributed by atoms with van der Waals surface area (Å²) >= 11 is 0. The molecule has 0 fully saturated rings. The Morgan fingerprint density at radius 1 is 1.05 bits per heavy atom. The van der Waals surface area contributed by atoms with E-state index in [0.29, 0.717) is 5.76 Å². The van der Waals surface area contributed by atoms with Gasteiger partial charge in [-0.2, -0.15) is 0 Å². The Morgan fingerprint density at radius 3 is 2.65 bits per heavy atom. The number of furan rings is 1. The van der Waals surface area contributed by atoms with Crippen molar-refractivity contribution in [3.63, 3.8) is 0 Å². The van der Waals surface area contributed by atoms with Crippen molar-refractivity contribution in [2.75, 3.05) is 0 Å². The summed E-state index contributed by atoms with van der Waals surface area (Å²) in [6, 6.07) is 17.4. The summed E-state index contributed by atoms with van der Waals surface area (Å²) < 4.78 is 5.60. The molecule has 2 heteroatoms. The summed E-state index contributed by atoms with van der Waals surface area (Å²) in [5.41, 5.74) is 2.86. The standard InChI is InChI=1S/C18H14O2/c1-13-7-9-15-12-18(20-17(15)11-13)16(19)10-8-14-5-3-2-4-6-14/h2-12H,1H3/b10-8+. The highest BCUT2D eigenvalue weighted by atomic mass is 16.3. The van der Waals surface area contributed by atoms with Crippen molar-refractivity contribution >= 4 is 22.8 Å². The number of fused-ring (bicyclic) bond motifs is 1. The molecule has 0 bridgehead atoms. The maximum atomic E-state index is 12.1. The molecule has 0 atom stereocenters. The Bertz CT molecular complexity index is 780. The maximum Gasteiger partial charge on any atom is 0.221 e. The lowest BCUT2D eigenvalue weighted by Crippen LogP contribution is -1.90. The van der Waals surface area contributed by atoms with Gasteiger partial charge in [-0.1, -0.05) is 48.5 Å². The van der Waals surface area contributed by atoms with Crippen LogP contribution in [0.3, 0.4) is 0 Å². The van der Waals surface area contributed by atoms with Gasteiger partial charge in [-0.05, 0) is 36.3 Å². The summed E-state index contributed by atoms with van der Waals surface area (Å²) in [4.78, 5) is 12.1. The van der Waals surface area contributed by atoms with E-state index in [2.05, 4.69) is 0 Å². The molecule has 0 unspecified atom stereocenters. The van der Waals surface area contributed by atoms with Crippen molar-refractivity contribution < 1.29 is 9.21 Å². The SMILES string of the molecule is Cc1ccc2cc(C(=O)/C=C/c3ccccc3)oc2c1. The van der Waals surface area contributed by atoms with Crippen LogP contribution >= 0.6 is 0 Å². The minimum Gasteiger partial charge on any atom is -0.453 e. The van der Waals surface area contributed by atoms with E-state index in [1.54, 1.807) is 18.2 Å². The summed E-state index contributed by atoms with van der Waals surface area (Å²) in [5.74, 6) is 0.250. The Labute approximate surface area is 117 Å². The monoisotopic (exact) mass is 262 g/mol. The Kier molecular flexibility index (Phi) is 3.21. The normalized spacial score (nSPS) is 11.2. The molecule has 3 aromatic rings. The van der Waals surface area contributed by atoms with Crippen LogP contribution in [-0.4, -0.2) is 5.78 Å². The largest absolute Gasteiger partial charge is 0.453 e. The van der Waals surface area contributed by atoms with Gasteiger partial charge in [0.2, 0.25) is 5.78 Å². The first-order valence-electron chi connectivity index (χ1n) is 6.50. The lowest BCUT2D eigenvalue weighted by Gasteiger charge is -1.91. The molecule has 2 aromatic carbocycles. The average Bonchev–Trinajstić information content (AvgIpc) is 2.89. The number of carbonyl (C=O) groups is 1. The van der Waals surface area contributed by atoms with E-state index in [1.165, 1.54) is 0 Å². The second-order valence-electron chi connectivity index (χ2n) is 4.76. The van der Waals surface area contributed by atoms with Gasteiger partial charge < -0.3 is 4.42 Å². The number of allylic oxidation sites excluding steroid dienone is 1. The predicted octanol–water partition coefficient (Wildman–Crippen LogP) is 4.64. The molecule has 3 rings (SSSR count). The van der Waals surface area contributed by atoms with Crippen LogP contribution in [0.15, 0.2) is 65.1 Å². The van der Waals surface area contributed by atoms with E-state index in [0.717, 1.165) is 22.1 Å². The lowest BCUT2D eigenvalue weighted by molar-refractivity contribution is 0.102. The molecule has 0 amide bonds. The molecule has 0 N–H and O–H groups in total. The average molecular weight is 262 g/mol. The number of carbonyl (C=O) groups excluding carboxylic acids is 1. The molecule has 0 saturated carbocycles. The molecule has 0 aliphatic carbocycles. The highest BCUT2D eigenvalue weighted by molar-refractivity contribution is 6.06. The van der Waals surface area contributed by atoms with Gasteiger partial charge in [-0.25, -0.2) is 0 Å². The van der Waals surface area contributed by atoms with Gasteiger partial charge in [0.15, 0.2) is 5.76 Å². The van der Waals surface area contributed by atoms with E-state index < -0.39 is 0 Å². The summed E-state index contributed by atoms with van der Waals surface area (Å²) in [6.45, 7) is 2.00. The zero-order chi connectivity index (χ0) is 13.9. The van der Waals surface area contributed by atoms with Crippen LogP contribution in [0.1, 0.15) is 21.7 Å². The van der Waals surface area contributed by atoms with E-state index in [-0.39, 0.29) is 5.78 Å². The molecule has 20 heavy (non-hydrogen) atoms. The van der Waals surface area contributed by atoms with Gasteiger partial charge in [0.1, 0.15) is 5.58 Å². The van der Waals surface area contributed by atoms with Crippen LogP contribution in [0.25, 0.3) is 17.0 Å². The second-order valence-corrected chi connectivity index (χ2v) is 4.76. The van der Waals surface area contributed by atoms with Gasteiger partial charge in [-0.3, -0.25) is 4.79 Å². The van der Waals surface area contributed by atoms with Crippen LogP contribution in [0.5, 0.6) is 0 Å². The van der Waals surface area contributed by atoms with E-state index in [9.17, 15) is 4.79 Å². The van der Waals surface area contributed by atoms with E-state index in [1.807, 2.05) is 55.5 Å². The van der Waals surface area contributed by atoms with Crippen LogP contribution in [0.4, 0.5) is 0 Å². The van der Waals surface area contributed by atoms with Gasteiger partial charge in [0.25, 0.3) is 0 Å². The molecule has 1 aromatic heterocycles. The third kappa shape index (κ3) is 2.54. The van der Waals surface area contributed by atoms with Crippen molar-refractivity contribution in [3.05, 3.63) is 77.6 Å². The summed E-state index contributed by atoms with van der Waals surface area (Å²) in [6.07, 6.45) is 3.33. The van der Waals surface area contributed by atoms with Crippen molar-refractivity contribution in [2.24, 2.45) is 0 Å². The number of ketones is 1. The molecule has 0 aliphatic heterocycles. The Balaban J connectivity index is 1.87. The van der Waals surface area contributed by atoms with Crippen molar-refractivity contribution in [3.8, 4) is 0 Å². The van der Waals surface area contributed by atoms with Gasteiger partial charge in [0, 0.05) is 5.39 Å². The minimum atomic E-state index is -0.122. The number of hydrogen-bond acceptors (Lipinski definition) is 2. The quantitative estimate of drug-likeness (QED) is 0.508. The zero-order valence-corrected chi connectivity index (χ0v) is 11.2. The number of aryl methyl sites for hydroxylation is 1. The highest BCUT2D eigenvalue weighted by Crippen LogP contribution is 2.21. The fraction of sp³-hybridized carbons (Fsp3) is 0.0556. The topological polar surface area (TPSA) is 30.2 Å². The first kappa shape index (κ1) is 12.4. The highest BCUT2D eigenvalue weighted by Gasteiger charge is 2.09. The van der Waals surface area contributed by atoms with Crippen molar-refractivity contribution in [1.29, 1.82) is 0 Å². The van der Waals surface area contributed by atoms with Crippen LogP contribution in [0.2, 0.25) is 0 Å². The smallest absolute Gasteiger partial charge is 0.221 e. The second kappa shape index (κ2) is 5.17. The lowest BCUT2D eigenvalue weighted by atomic mass is 10.1. The van der Waals surface area contributed by atoms with Crippen molar-refractivity contribution in [1.82, 2.24) is 0 Å². The maximum absolute atomic E-state index is 12.1. The molecule has 98 valence electrons. The Morgan fingerprint density at radius 2 is 1.85 bits per heavy atom. The molecule has 1 heterocycles. The summed E-state index contributed by atoms with van der Waals surface area (Å²) in [7, 11) is 0. The minimum absolute atomic E-state index is 0.122. The molecular formula is C18H14O2. The van der Waals surface area contributed by atoms with Gasteiger partial charge >= 0.3 is 0 Å². The molecule has 0 radical (unpaired) electrons. The third-order valence-corrected chi connectivity index (χ3v) is 3.15. The third-order valence-electron chi connectivity index (χ3n) is 3.15. The number of hydrogen-bond donors (Lipinski definition) is 0. The van der Waals surface area contributed by atoms with Crippen LogP contribution in [-0.2, 0) is 0 Å². The fourth-order valence-electron chi connectivity index (χ4n) is 2.08. The first-order valence-corrected chi connectivity index (χ1v) is 6.50. The Hall–Kier alpha value is -2.61. The van der Waals surface area contributed by atoms with Crippen LogP contribution in [0, 0.1) is 6.92 Å². The number of rotatable bonds is 3. The zero-order valence-electron chi connectivity index (χ0n) is 11.2. The van der Waals surface area contributed by atoms with Crippen LogP contribution < -0.4 is 0 Å². The predicted molar refractivity (Wildman–Crippen MR) is 80.8 cm³/mol.